The molecule has 0 N–H and O–H groups in total. The van der Waals surface area contributed by atoms with E-state index in [1.54, 1.807) is 0 Å². The van der Waals surface area contributed by atoms with E-state index < -0.39 is 0 Å². The Labute approximate surface area is 110 Å². The minimum atomic E-state index is 0.868. The topological polar surface area (TPSA) is 27.0 Å². The first-order chi connectivity index (χ1) is 8.80. The van der Waals surface area contributed by atoms with Crippen LogP contribution in [0.4, 0.5) is 5.69 Å². The summed E-state index contributed by atoms with van der Waals surface area (Å²) in [6.07, 6.45) is 5.07. The highest BCUT2D eigenvalue weighted by atomic mass is 15.1. The predicted octanol–water partition coefficient (Wildman–Crippen LogP) is 3.47. The van der Waals surface area contributed by atoms with Gasteiger partial charge in [-0.2, -0.15) is 5.26 Å². The molecule has 0 spiro atoms. The molecule has 0 saturated heterocycles. The zero-order valence-electron chi connectivity index (χ0n) is 11.2. The molecular formula is C16H20N2. The molecule has 0 radical (unpaired) electrons. The van der Waals surface area contributed by atoms with Crippen molar-refractivity contribution in [3.05, 3.63) is 41.0 Å². The summed E-state index contributed by atoms with van der Waals surface area (Å²) in [5.74, 6) is 0. The molecule has 2 heteroatoms. The van der Waals surface area contributed by atoms with Crippen molar-refractivity contribution in [2.45, 2.75) is 33.1 Å². The minimum absolute atomic E-state index is 0.868. The van der Waals surface area contributed by atoms with E-state index in [1.807, 2.05) is 0 Å². The molecule has 1 heterocycles. The fraction of sp³-hybridized carbons (Fsp3) is 0.438. The molecule has 94 valence electrons. The summed E-state index contributed by atoms with van der Waals surface area (Å²) in [5.41, 5.74) is 5.17. The van der Waals surface area contributed by atoms with Crippen molar-refractivity contribution in [1.82, 2.24) is 0 Å². The molecule has 1 aromatic rings. The minimum Gasteiger partial charge on any atom is -0.367 e. The number of anilines is 1. The maximum Gasteiger partial charge on any atom is 0.0945 e. The number of benzene rings is 1. The lowest BCUT2D eigenvalue weighted by molar-refractivity contribution is 0.790. The van der Waals surface area contributed by atoms with Gasteiger partial charge in [-0.05, 0) is 30.4 Å². The van der Waals surface area contributed by atoms with E-state index in [-0.39, 0.29) is 0 Å². The highest BCUT2D eigenvalue weighted by Crippen LogP contribution is 2.29. The van der Waals surface area contributed by atoms with Gasteiger partial charge in [-0.15, -0.1) is 0 Å². The lowest BCUT2D eigenvalue weighted by atomic mass is 10.00. The van der Waals surface area contributed by atoms with E-state index in [2.05, 4.69) is 49.1 Å². The van der Waals surface area contributed by atoms with E-state index in [1.165, 1.54) is 16.8 Å². The van der Waals surface area contributed by atoms with Crippen molar-refractivity contribution >= 4 is 5.69 Å². The lowest BCUT2D eigenvalue weighted by Crippen LogP contribution is -2.30. The third-order valence-corrected chi connectivity index (χ3v) is 3.63. The van der Waals surface area contributed by atoms with Gasteiger partial charge in [0.25, 0.3) is 0 Å². The zero-order valence-corrected chi connectivity index (χ0v) is 11.2. The first-order valence-corrected chi connectivity index (χ1v) is 6.75. The van der Waals surface area contributed by atoms with Crippen LogP contribution in [0.15, 0.2) is 29.8 Å². The third kappa shape index (κ3) is 2.41. The highest BCUT2D eigenvalue weighted by molar-refractivity contribution is 5.61. The summed E-state index contributed by atoms with van der Waals surface area (Å²) in [6.45, 7) is 6.24. The Morgan fingerprint density at radius 2 is 1.89 bits per heavy atom. The highest BCUT2D eigenvalue weighted by Gasteiger charge is 2.17. The quantitative estimate of drug-likeness (QED) is 0.809. The molecule has 2 rings (SSSR count). The Balaban J connectivity index is 2.34. The van der Waals surface area contributed by atoms with Gasteiger partial charge < -0.3 is 4.90 Å². The van der Waals surface area contributed by atoms with E-state index in [4.69, 9.17) is 5.26 Å². The molecule has 0 bridgehead atoms. The molecule has 0 atom stereocenters. The van der Waals surface area contributed by atoms with Crippen molar-refractivity contribution < 1.29 is 0 Å². The zero-order chi connectivity index (χ0) is 13.0. The van der Waals surface area contributed by atoms with Crippen LogP contribution in [0.25, 0.3) is 0 Å². The number of hydrogen-bond acceptors (Lipinski definition) is 2. The monoisotopic (exact) mass is 240 g/mol. The Hall–Kier alpha value is -1.75. The Kier molecular flexibility index (Phi) is 4.04. The second kappa shape index (κ2) is 5.73. The normalized spacial score (nSPS) is 15.2. The largest absolute Gasteiger partial charge is 0.367 e. The van der Waals surface area contributed by atoms with Crippen LogP contribution in [0.1, 0.15) is 31.4 Å². The predicted molar refractivity (Wildman–Crippen MR) is 75.7 cm³/mol. The molecule has 0 saturated carbocycles. The summed E-state index contributed by atoms with van der Waals surface area (Å²) in [6, 6.07) is 8.86. The van der Waals surface area contributed by atoms with Gasteiger partial charge in [0.1, 0.15) is 0 Å². The number of hydrogen-bond donors (Lipinski definition) is 0. The van der Waals surface area contributed by atoms with Crippen molar-refractivity contribution in [2.24, 2.45) is 0 Å². The number of aryl methyl sites for hydroxylation is 2. The van der Waals surface area contributed by atoms with Crippen LogP contribution in [0.2, 0.25) is 0 Å². The van der Waals surface area contributed by atoms with Crippen LogP contribution in [-0.2, 0) is 12.8 Å². The Morgan fingerprint density at radius 1 is 1.22 bits per heavy atom. The maximum atomic E-state index is 8.91. The molecular weight excluding hydrogens is 220 g/mol. The molecule has 1 aromatic carbocycles. The van der Waals surface area contributed by atoms with Gasteiger partial charge in [0.15, 0.2) is 0 Å². The molecule has 0 unspecified atom stereocenters. The van der Waals surface area contributed by atoms with Crippen LogP contribution in [0, 0.1) is 11.3 Å². The van der Waals surface area contributed by atoms with E-state index in [0.29, 0.717) is 0 Å². The number of para-hydroxylation sites is 1. The van der Waals surface area contributed by atoms with Gasteiger partial charge in [-0.1, -0.05) is 38.1 Å². The van der Waals surface area contributed by atoms with Gasteiger partial charge in [0.05, 0.1) is 6.07 Å². The SMILES string of the molecule is CCc1cccc(CC)c1N1CC=C(C#N)CC1. The van der Waals surface area contributed by atoms with Crippen LogP contribution in [-0.4, -0.2) is 13.1 Å². The van der Waals surface area contributed by atoms with Crippen molar-refractivity contribution in [2.75, 3.05) is 18.0 Å². The average Bonchev–Trinajstić information content (AvgIpc) is 2.46. The van der Waals surface area contributed by atoms with Gasteiger partial charge in [-0.25, -0.2) is 0 Å². The summed E-state index contributed by atoms with van der Waals surface area (Å²) in [5, 5.41) is 8.91. The number of nitriles is 1. The van der Waals surface area contributed by atoms with E-state index >= 15 is 0 Å². The summed E-state index contributed by atoms with van der Waals surface area (Å²) >= 11 is 0. The van der Waals surface area contributed by atoms with Gasteiger partial charge >= 0.3 is 0 Å². The maximum absolute atomic E-state index is 8.91. The van der Waals surface area contributed by atoms with Gasteiger partial charge in [0.2, 0.25) is 0 Å². The van der Waals surface area contributed by atoms with Crippen LogP contribution in [0.5, 0.6) is 0 Å². The fourth-order valence-electron chi connectivity index (χ4n) is 2.60. The molecule has 0 aromatic heterocycles. The first kappa shape index (κ1) is 12.7. The van der Waals surface area contributed by atoms with Crippen LogP contribution < -0.4 is 4.90 Å². The molecule has 0 amide bonds. The molecule has 0 fully saturated rings. The molecule has 2 nitrogen and oxygen atoms in total. The average molecular weight is 240 g/mol. The second-order valence-electron chi connectivity index (χ2n) is 4.67. The molecule has 1 aliphatic heterocycles. The van der Waals surface area contributed by atoms with Gasteiger partial charge in [-0.3, -0.25) is 0 Å². The van der Waals surface area contributed by atoms with Gasteiger partial charge in [0, 0.05) is 24.4 Å². The van der Waals surface area contributed by atoms with Crippen molar-refractivity contribution in [3.63, 3.8) is 0 Å². The smallest absolute Gasteiger partial charge is 0.0945 e. The van der Waals surface area contributed by atoms with Crippen LogP contribution in [0.3, 0.4) is 0 Å². The summed E-state index contributed by atoms with van der Waals surface area (Å²) in [7, 11) is 0. The van der Waals surface area contributed by atoms with Crippen molar-refractivity contribution in [3.8, 4) is 6.07 Å². The second-order valence-corrected chi connectivity index (χ2v) is 4.67. The first-order valence-electron chi connectivity index (χ1n) is 6.75. The van der Waals surface area contributed by atoms with E-state index in [0.717, 1.165) is 37.9 Å². The molecule has 1 aliphatic rings. The molecule has 0 aliphatic carbocycles. The standard InChI is InChI=1S/C16H20N2/c1-3-14-6-5-7-15(4-2)16(14)18-10-8-13(12-17)9-11-18/h5-8H,3-4,9-11H2,1-2H3. The fourth-order valence-corrected chi connectivity index (χ4v) is 2.60. The lowest BCUT2D eigenvalue weighted by Gasteiger charge is -2.30. The van der Waals surface area contributed by atoms with E-state index in [9.17, 15) is 0 Å². The van der Waals surface area contributed by atoms with Crippen molar-refractivity contribution in [1.29, 1.82) is 5.26 Å². The number of nitrogens with zero attached hydrogens (tertiary/aromatic N) is 2. The summed E-state index contributed by atoms with van der Waals surface area (Å²) < 4.78 is 0. The Bertz CT molecular complexity index is 472. The van der Waals surface area contributed by atoms with Crippen LogP contribution >= 0.6 is 0 Å². The Morgan fingerprint density at radius 3 is 2.33 bits per heavy atom. The third-order valence-electron chi connectivity index (χ3n) is 3.63. The number of rotatable bonds is 3. The molecule has 18 heavy (non-hydrogen) atoms. The summed E-state index contributed by atoms with van der Waals surface area (Å²) in [4.78, 5) is 2.42.